The van der Waals surface area contributed by atoms with E-state index in [0.717, 1.165) is 34.4 Å². The lowest BCUT2D eigenvalue weighted by Gasteiger charge is -2.44. The number of hydrogen-bond donors (Lipinski definition) is 3. The van der Waals surface area contributed by atoms with Gasteiger partial charge < -0.3 is 20.5 Å². The Balaban J connectivity index is 1.34. The van der Waals surface area contributed by atoms with Gasteiger partial charge in [0.15, 0.2) is 5.82 Å². The van der Waals surface area contributed by atoms with Gasteiger partial charge in [0.2, 0.25) is 5.91 Å². The summed E-state index contributed by atoms with van der Waals surface area (Å²) < 4.78 is 0. The van der Waals surface area contributed by atoms with Crippen molar-refractivity contribution in [2.24, 2.45) is 0 Å². The number of amides is 2. The molecule has 0 aromatic carbocycles. The molecule has 0 radical (unpaired) electrons. The standard InChI is InChI=1S/C23H25N7O3/c1-3-14-9-16-17(27-21(14)31)8-13(10-25-16)11-29-6-7-30-18-5-4-15(22(32)24-2)26-20(18)28-23(33)19(30)12-29/h4-5,8-10,19H,3,6-7,11-12H2,1-2H3,(H,24,32)(H,27,31)(H,26,28,33). The molecule has 1 fully saturated rings. The number of aryl methyl sites for hydroxylation is 1. The molecule has 1 atom stereocenters. The van der Waals surface area contributed by atoms with Crippen molar-refractivity contribution >= 4 is 34.4 Å². The average molecular weight is 447 g/mol. The number of carbonyl (C=O) groups is 2. The highest BCUT2D eigenvalue weighted by Gasteiger charge is 2.38. The molecule has 170 valence electrons. The van der Waals surface area contributed by atoms with Crippen LogP contribution in [-0.2, 0) is 17.8 Å². The van der Waals surface area contributed by atoms with Crippen molar-refractivity contribution in [2.75, 3.05) is 36.9 Å². The van der Waals surface area contributed by atoms with Crippen LogP contribution in [0.15, 0.2) is 35.3 Å². The summed E-state index contributed by atoms with van der Waals surface area (Å²) in [5.41, 5.74) is 4.19. The fraction of sp³-hybridized carbons (Fsp3) is 0.348. The van der Waals surface area contributed by atoms with E-state index >= 15 is 0 Å². The Morgan fingerprint density at radius 2 is 2.09 bits per heavy atom. The van der Waals surface area contributed by atoms with E-state index in [1.807, 2.05) is 36.2 Å². The zero-order valence-electron chi connectivity index (χ0n) is 18.5. The Morgan fingerprint density at radius 3 is 2.88 bits per heavy atom. The van der Waals surface area contributed by atoms with Crippen molar-refractivity contribution in [3.05, 3.63) is 57.6 Å². The smallest absolute Gasteiger partial charge is 0.269 e. The van der Waals surface area contributed by atoms with Crippen molar-refractivity contribution in [3.63, 3.8) is 0 Å². The van der Waals surface area contributed by atoms with Gasteiger partial charge in [-0.3, -0.25) is 24.3 Å². The lowest BCUT2D eigenvalue weighted by atomic mass is 10.1. The van der Waals surface area contributed by atoms with Gasteiger partial charge in [0.1, 0.15) is 11.7 Å². The highest BCUT2D eigenvalue weighted by Crippen LogP contribution is 2.32. The van der Waals surface area contributed by atoms with Crippen molar-refractivity contribution in [2.45, 2.75) is 25.9 Å². The number of aromatic nitrogens is 3. The van der Waals surface area contributed by atoms with E-state index in [1.54, 1.807) is 13.1 Å². The molecule has 3 N–H and O–H groups in total. The van der Waals surface area contributed by atoms with Crippen LogP contribution in [-0.4, -0.2) is 64.4 Å². The SMILES string of the molecule is CCc1cc2ncc(CN3CCN4c5ccc(C(=O)NC)nc5NC(=O)C4C3)cc2[nH]c1=O. The minimum atomic E-state index is -0.348. The molecule has 10 heteroatoms. The van der Waals surface area contributed by atoms with Gasteiger partial charge in [-0.05, 0) is 36.2 Å². The Hall–Kier alpha value is -3.79. The van der Waals surface area contributed by atoms with Gasteiger partial charge in [-0.1, -0.05) is 6.92 Å². The molecule has 0 spiro atoms. The van der Waals surface area contributed by atoms with E-state index in [2.05, 4.69) is 30.5 Å². The predicted octanol–water partition coefficient (Wildman–Crippen LogP) is 0.883. The maximum atomic E-state index is 12.8. The molecule has 3 aromatic heterocycles. The lowest BCUT2D eigenvalue weighted by Crippen LogP contribution is -2.59. The highest BCUT2D eigenvalue weighted by atomic mass is 16.2. The molecule has 2 amide bonds. The van der Waals surface area contributed by atoms with Gasteiger partial charge in [0, 0.05) is 45.0 Å². The van der Waals surface area contributed by atoms with Crippen LogP contribution in [0.25, 0.3) is 11.0 Å². The maximum absolute atomic E-state index is 12.8. The Labute approximate surface area is 190 Å². The molecule has 5 rings (SSSR count). The Morgan fingerprint density at radius 1 is 1.24 bits per heavy atom. The van der Waals surface area contributed by atoms with Crippen LogP contribution < -0.4 is 21.1 Å². The average Bonchev–Trinajstić information content (AvgIpc) is 2.83. The second kappa shape index (κ2) is 8.28. The summed E-state index contributed by atoms with van der Waals surface area (Å²) in [6.45, 7) is 4.53. The first-order chi connectivity index (χ1) is 16.0. The summed E-state index contributed by atoms with van der Waals surface area (Å²) in [5.74, 6) is -0.0167. The molecule has 1 unspecified atom stereocenters. The number of piperazine rings is 1. The summed E-state index contributed by atoms with van der Waals surface area (Å²) in [4.78, 5) is 52.9. The zero-order chi connectivity index (χ0) is 23.1. The number of hydrogen-bond acceptors (Lipinski definition) is 7. The van der Waals surface area contributed by atoms with Crippen LogP contribution in [0.2, 0.25) is 0 Å². The molecule has 0 bridgehead atoms. The number of aromatic amines is 1. The molecular formula is C23H25N7O3. The summed E-state index contributed by atoms with van der Waals surface area (Å²) in [6.07, 6.45) is 2.49. The topological polar surface area (TPSA) is 123 Å². The molecule has 10 nitrogen and oxygen atoms in total. The van der Waals surface area contributed by atoms with E-state index < -0.39 is 0 Å². The number of carbonyl (C=O) groups excluding carboxylic acids is 2. The van der Waals surface area contributed by atoms with Crippen LogP contribution in [0, 0.1) is 0 Å². The number of fused-ring (bicyclic) bond motifs is 4. The van der Waals surface area contributed by atoms with Gasteiger partial charge in [-0.2, -0.15) is 0 Å². The van der Waals surface area contributed by atoms with Crippen LogP contribution in [0.5, 0.6) is 0 Å². The lowest BCUT2D eigenvalue weighted by molar-refractivity contribution is -0.118. The number of nitrogens with one attached hydrogen (secondary N) is 3. The third-order valence-corrected chi connectivity index (χ3v) is 6.26. The van der Waals surface area contributed by atoms with E-state index in [1.165, 1.54) is 0 Å². The first kappa shape index (κ1) is 21.1. The van der Waals surface area contributed by atoms with Crippen LogP contribution in [0.1, 0.15) is 28.5 Å². The molecule has 2 aliphatic heterocycles. The van der Waals surface area contributed by atoms with Gasteiger partial charge in [-0.15, -0.1) is 0 Å². The minimum absolute atomic E-state index is 0.0803. The van der Waals surface area contributed by atoms with Gasteiger partial charge in [-0.25, -0.2) is 4.98 Å². The molecule has 33 heavy (non-hydrogen) atoms. The highest BCUT2D eigenvalue weighted by molar-refractivity contribution is 6.04. The van der Waals surface area contributed by atoms with E-state index in [9.17, 15) is 14.4 Å². The van der Waals surface area contributed by atoms with Crippen molar-refractivity contribution in [1.82, 2.24) is 25.2 Å². The largest absolute Gasteiger partial charge is 0.354 e. The molecule has 3 aromatic rings. The third-order valence-electron chi connectivity index (χ3n) is 6.26. The number of rotatable bonds is 4. The summed E-state index contributed by atoms with van der Waals surface area (Å²) in [5, 5.41) is 5.40. The fourth-order valence-electron chi connectivity index (χ4n) is 4.50. The van der Waals surface area contributed by atoms with Crippen molar-refractivity contribution < 1.29 is 9.59 Å². The van der Waals surface area contributed by atoms with Crippen molar-refractivity contribution in [1.29, 1.82) is 0 Å². The zero-order valence-corrected chi connectivity index (χ0v) is 18.5. The number of nitrogens with zero attached hydrogens (tertiary/aromatic N) is 4. The molecule has 5 heterocycles. The fourth-order valence-corrected chi connectivity index (χ4v) is 4.50. The number of H-pyrrole nitrogens is 1. The molecule has 1 saturated heterocycles. The molecule has 0 saturated carbocycles. The Kier molecular flexibility index (Phi) is 5.29. The molecule has 0 aliphatic carbocycles. The van der Waals surface area contributed by atoms with Gasteiger partial charge >= 0.3 is 0 Å². The summed E-state index contributed by atoms with van der Waals surface area (Å²) >= 11 is 0. The van der Waals surface area contributed by atoms with Crippen LogP contribution in [0.4, 0.5) is 11.5 Å². The normalized spacial score (nSPS) is 17.9. The van der Waals surface area contributed by atoms with Gasteiger partial charge in [0.05, 0.1) is 16.7 Å². The van der Waals surface area contributed by atoms with Crippen molar-refractivity contribution in [3.8, 4) is 0 Å². The quantitative estimate of drug-likeness (QED) is 0.543. The number of pyridine rings is 3. The third kappa shape index (κ3) is 3.82. The summed E-state index contributed by atoms with van der Waals surface area (Å²) in [7, 11) is 1.54. The predicted molar refractivity (Wildman–Crippen MR) is 124 cm³/mol. The molecule has 2 aliphatic rings. The second-order valence-electron chi connectivity index (χ2n) is 8.33. The molecular weight excluding hydrogens is 422 g/mol. The summed E-state index contributed by atoms with van der Waals surface area (Å²) in [6, 6.07) is 6.95. The Bertz CT molecular complexity index is 1320. The minimum Gasteiger partial charge on any atom is -0.354 e. The van der Waals surface area contributed by atoms with Crippen LogP contribution in [0.3, 0.4) is 0 Å². The monoisotopic (exact) mass is 447 g/mol. The second-order valence-corrected chi connectivity index (χ2v) is 8.33. The number of anilines is 2. The van der Waals surface area contributed by atoms with Crippen LogP contribution >= 0.6 is 0 Å². The van der Waals surface area contributed by atoms with E-state index in [0.29, 0.717) is 31.9 Å². The van der Waals surface area contributed by atoms with Gasteiger partial charge in [0.25, 0.3) is 11.5 Å². The first-order valence-electron chi connectivity index (χ1n) is 11.0. The maximum Gasteiger partial charge on any atom is 0.269 e. The van der Waals surface area contributed by atoms with E-state index in [4.69, 9.17) is 0 Å². The first-order valence-corrected chi connectivity index (χ1v) is 11.0. The van der Waals surface area contributed by atoms with E-state index in [-0.39, 0.29) is 29.1 Å².